The van der Waals surface area contributed by atoms with Crippen molar-refractivity contribution < 1.29 is 4.42 Å². The van der Waals surface area contributed by atoms with Gasteiger partial charge in [0.25, 0.3) is 0 Å². The lowest BCUT2D eigenvalue weighted by molar-refractivity contribution is 0.464. The lowest BCUT2D eigenvalue weighted by Gasteiger charge is -2.16. The predicted octanol–water partition coefficient (Wildman–Crippen LogP) is 4.10. The summed E-state index contributed by atoms with van der Waals surface area (Å²) in [5.74, 6) is 0. The molecule has 2 aromatic rings. The van der Waals surface area contributed by atoms with Gasteiger partial charge in [-0.05, 0) is 48.0 Å². The summed E-state index contributed by atoms with van der Waals surface area (Å²) in [6.45, 7) is 7.38. The van der Waals surface area contributed by atoms with E-state index < -0.39 is 0 Å². The molecule has 5 heteroatoms. The van der Waals surface area contributed by atoms with E-state index in [1.54, 1.807) is 6.26 Å². The average Bonchev–Trinajstić information content (AvgIpc) is 3.06. The molecule has 0 aliphatic carbocycles. The van der Waals surface area contributed by atoms with Crippen LogP contribution in [0.5, 0.6) is 0 Å². The van der Waals surface area contributed by atoms with Crippen molar-refractivity contribution in [2.24, 2.45) is 0 Å². The van der Waals surface area contributed by atoms with Gasteiger partial charge in [-0.15, -0.1) is 0 Å². The standard InChI is InChI=1S/C15H22BrN3O/c1-4-11(3)19-8-6-12(18-19)10-14(17-5-2)13-7-9-20-15(13)16/h6-9,11,14,17H,4-5,10H2,1-3H3. The number of nitrogens with zero attached hydrogens (tertiary/aromatic N) is 2. The van der Waals surface area contributed by atoms with Crippen molar-refractivity contribution in [2.45, 2.75) is 45.7 Å². The second-order valence-electron chi connectivity index (χ2n) is 5.01. The van der Waals surface area contributed by atoms with E-state index in [1.807, 2.05) is 10.7 Å². The largest absolute Gasteiger partial charge is 0.457 e. The molecule has 4 nitrogen and oxygen atoms in total. The molecule has 0 radical (unpaired) electrons. The number of hydrogen-bond donors (Lipinski definition) is 1. The molecule has 0 fully saturated rings. The summed E-state index contributed by atoms with van der Waals surface area (Å²) in [6.07, 6.45) is 5.72. The van der Waals surface area contributed by atoms with E-state index in [1.165, 1.54) is 0 Å². The van der Waals surface area contributed by atoms with Gasteiger partial charge in [0.05, 0.1) is 12.0 Å². The Hall–Kier alpha value is -1.07. The van der Waals surface area contributed by atoms with Crippen molar-refractivity contribution in [3.05, 3.63) is 40.5 Å². The molecular formula is C15H22BrN3O. The summed E-state index contributed by atoms with van der Waals surface area (Å²) in [5.41, 5.74) is 2.24. The minimum absolute atomic E-state index is 0.216. The average molecular weight is 340 g/mol. The van der Waals surface area contributed by atoms with Crippen LogP contribution in [-0.4, -0.2) is 16.3 Å². The fourth-order valence-electron chi connectivity index (χ4n) is 2.22. The number of aromatic nitrogens is 2. The van der Waals surface area contributed by atoms with Gasteiger partial charge < -0.3 is 9.73 Å². The molecule has 2 aromatic heterocycles. The molecule has 2 rings (SSSR count). The van der Waals surface area contributed by atoms with Crippen LogP contribution in [-0.2, 0) is 6.42 Å². The zero-order valence-electron chi connectivity index (χ0n) is 12.3. The minimum atomic E-state index is 0.216. The van der Waals surface area contributed by atoms with Crippen LogP contribution in [0.4, 0.5) is 0 Å². The Morgan fingerprint density at radius 2 is 2.20 bits per heavy atom. The number of halogens is 1. The van der Waals surface area contributed by atoms with Crippen LogP contribution < -0.4 is 5.32 Å². The maximum absolute atomic E-state index is 5.34. The van der Waals surface area contributed by atoms with Crippen LogP contribution >= 0.6 is 15.9 Å². The van der Waals surface area contributed by atoms with Crippen LogP contribution in [0.2, 0.25) is 0 Å². The molecule has 0 spiro atoms. The molecule has 2 atom stereocenters. The lowest BCUT2D eigenvalue weighted by Crippen LogP contribution is -2.23. The summed E-state index contributed by atoms with van der Waals surface area (Å²) < 4.78 is 8.18. The SMILES string of the molecule is CCNC(Cc1ccn(C(C)CC)n1)c1ccoc1Br. The normalized spacial score (nSPS) is 14.4. The van der Waals surface area contributed by atoms with Gasteiger partial charge in [-0.3, -0.25) is 4.68 Å². The lowest BCUT2D eigenvalue weighted by atomic mass is 10.1. The van der Waals surface area contributed by atoms with Gasteiger partial charge in [0, 0.05) is 30.3 Å². The first-order chi connectivity index (χ1) is 9.65. The molecule has 0 amide bonds. The van der Waals surface area contributed by atoms with Crippen LogP contribution in [0.15, 0.2) is 33.7 Å². The van der Waals surface area contributed by atoms with E-state index in [-0.39, 0.29) is 6.04 Å². The summed E-state index contributed by atoms with van der Waals surface area (Å²) in [7, 11) is 0. The maximum atomic E-state index is 5.34. The first kappa shape index (κ1) is 15.3. The Morgan fingerprint density at radius 1 is 1.40 bits per heavy atom. The highest BCUT2D eigenvalue weighted by Crippen LogP contribution is 2.27. The third kappa shape index (κ3) is 3.52. The van der Waals surface area contributed by atoms with Crippen molar-refractivity contribution >= 4 is 15.9 Å². The Balaban J connectivity index is 2.12. The van der Waals surface area contributed by atoms with Gasteiger partial charge >= 0.3 is 0 Å². The number of rotatable bonds is 7. The minimum Gasteiger partial charge on any atom is -0.457 e. The van der Waals surface area contributed by atoms with Crippen molar-refractivity contribution in [1.29, 1.82) is 0 Å². The van der Waals surface area contributed by atoms with E-state index in [9.17, 15) is 0 Å². The third-order valence-corrected chi connectivity index (χ3v) is 4.24. The molecule has 20 heavy (non-hydrogen) atoms. The molecule has 0 saturated carbocycles. The summed E-state index contributed by atoms with van der Waals surface area (Å²) >= 11 is 3.46. The van der Waals surface area contributed by atoms with E-state index in [4.69, 9.17) is 4.42 Å². The molecule has 0 bridgehead atoms. The zero-order valence-corrected chi connectivity index (χ0v) is 13.9. The van der Waals surface area contributed by atoms with Crippen LogP contribution in [0.1, 0.15) is 50.5 Å². The number of likely N-dealkylation sites (N-methyl/N-ethyl adjacent to an activating group) is 1. The topological polar surface area (TPSA) is 43.0 Å². The summed E-state index contributed by atoms with van der Waals surface area (Å²) in [4.78, 5) is 0. The summed E-state index contributed by atoms with van der Waals surface area (Å²) in [6, 6.07) is 4.77. The van der Waals surface area contributed by atoms with Crippen molar-refractivity contribution in [2.75, 3.05) is 6.54 Å². The van der Waals surface area contributed by atoms with E-state index in [0.717, 1.165) is 35.3 Å². The van der Waals surface area contributed by atoms with Gasteiger partial charge in [-0.25, -0.2) is 0 Å². The molecule has 1 N–H and O–H groups in total. The monoisotopic (exact) mass is 339 g/mol. The third-order valence-electron chi connectivity index (χ3n) is 3.59. The molecule has 0 aliphatic heterocycles. The molecule has 0 aromatic carbocycles. The molecule has 0 saturated heterocycles. The van der Waals surface area contributed by atoms with Crippen molar-refractivity contribution in [3.63, 3.8) is 0 Å². The fraction of sp³-hybridized carbons (Fsp3) is 0.533. The van der Waals surface area contributed by atoms with Gasteiger partial charge in [0.2, 0.25) is 0 Å². The van der Waals surface area contributed by atoms with Gasteiger partial charge in [0.1, 0.15) is 0 Å². The zero-order chi connectivity index (χ0) is 14.5. The first-order valence-electron chi connectivity index (χ1n) is 7.16. The van der Waals surface area contributed by atoms with Crippen molar-refractivity contribution in [3.8, 4) is 0 Å². The highest BCUT2D eigenvalue weighted by molar-refractivity contribution is 9.10. The quantitative estimate of drug-likeness (QED) is 0.825. The Kier molecular flexibility index (Phi) is 5.43. The second kappa shape index (κ2) is 7.09. The molecule has 2 heterocycles. The Labute approximate surface area is 128 Å². The maximum Gasteiger partial charge on any atom is 0.173 e. The van der Waals surface area contributed by atoms with Crippen LogP contribution in [0.3, 0.4) is 0 Å². The number of furan rings is 1. The van der Waals surface area contributed by atoms with Crippen LogP contribution in [0.25, 0.3) is 0 Å². The first-order valence-corrected chi connectivity index (χ1v) is 7.95. The smallest absolute Gasteiger partial charge is 0.173 e. The van der Waals surface area contributed by atoms with Crippen LogP contribution in [0, 0.1) is 0 Å². The summed E-state index contributed by atoms with van der Waals surface area (Å²) in [5, 5.41) is 8.16. The highest BCUT2D eigenvalue weighted by Gasteiger charge is 2.18. The van der Waals surface area contributed by atoms with Crippen molar-refractivity contribution in [1.82, 2.24) is 15.1 Å². The highest BCUT2D eigenvalue weighted by atomic mass is 79.9. The second-order valence-corrected chi connectivity index (χ2v) is 5.73. The van der Waals surface area contributed by atoms with E-state index in [2.05, 4.69) is 59.4 Å². The fourth-order valence-corrected chi connectivity index (χ4v) is 2.74. The number of hydrogen-bond acceptors (Lipinski definition) is 3. The van der Waals surface area contributed by atoms with E-state index >= 15 is 0 Å². The molecule has 2 unspecified atom stereocenters. The van der Waals surface area contributed by atoms with Gasteiger partial charge in [0.15, 0.2) is 4.67 Å². The van der Waals surface area contributed by atoms with Gasteiger partial charge in [-0.1, -0.05) is 13.8 Å². The predicted molar refractivity (Wildman–Crippen MR) is 83.8 cm³/mol. The van der Waals surface area contributed by atoms with Gasteiger partial charge in [-0.2, -0.15) is 5.10 Å². The van der Waals surface area contributed by atoms with E-state index in [0.29, 0.717) is 6.04 Å². The molecule has 110 valence electrons. The Bertz CT molecular complexity index is 535. The Morgan fingerprint density at radius 3 is 2.80 bits per heavy atom. The molecule has 0 aliphatic rings. The number of nitrogens with one attached hydrogen (secondary N) is 1. The molecular weight excluding hydrogens is 318 g/mol.